The van der Waals surface area contributed by atoms with Crippen molar-refractivity contribution in [2.75, 3.05) is 14.2 Å². The second kappa shape index (κ2) is 3.72. The summed E-state index contributed by atoms with van der Waals surface area (Å²) in [6.45, 7) is 1.73. The first kappa shape index (κ1) is 9.26. The van der Waals surface area contributed by atoms with Gasteiger partial charge in [-0.3, -0.25) is 0 Å². The van der Waals surface area contributed by atoms with Crippen molar-refractivity contribution in [2.24, 2.45) is 0 Å². The predicted octanol–water partition coefficient (Wildman–Crippen LogP) is 0.674. The lowest BCUT2D eigenvalue weighted by Gasteiger charge is -2.07. The van der Waals surface area contributed by atoms with Gasteiger partial charge in [-0.05, 0) is 6.92 Å². The van der Waals surface area contributed by atoms with Gasteiger partial charge in [-0.15, -0.1) is 0 Å². The van der Waals surface area contributed by atoms with Crippen LogP contribution >= 0.6 is 0 Å². The van der Waals surface area contributed by atoms with Gasteiger partial charge in [0.25, 0.3) is 5.88 Å². The molecule has 0 spiro atoms. The minimum absolute atomic E-state index is 0.0788. The van der Waals surface area contributed by atoms with Gasteiger partial charge in [0.15, 0.2) is 0 Å². The zero-order valence-corrected chi connectivity index (χ0v) is 7.66. The van der Waals surface area contributed by atoms with Crippen LogP contribution < -0.4 is 9.47 Å². The van der Waals surface area contributed by atoms with E-state index in [0.717, 1.165) is 0 Å². The first-order valence-electron chi connectivity index (χ1n) is 3.59. The number of nitrogens with zero attached hydrogens (tertiary/aromatic N) is 3. The van der Waals surface area contributed by atoms with Crippen LogP contribution in [-0.2, 0) is 0 Å². The molecule has 0 saturated carbocycles. The van der Waals surface area contributed by atoms with Crippen molar-refractivity contribution in [2.45, 2.75) is 6.92 Å². The maximum atomic E-state index is 8.57. The Balaban J connectivity index is 3.31. The van der Waals surface area contributed by atoms with Gasteiger partial charge in [0.05, 0.1) is 19.9 Å². The summed E-state index contributed by atoms with van der Waals surface area (Å²) in [6.07, 6.45) is 0. The quantitative estimate of drug-likeness (QED) is 0.667. The number of hydrogen-bond donors (Lipinski definition) is 0. The Morgan fingerprint density at radius 3 is 2.38 bits per heavy atom. The second-order valence-electron chi connectivity index (χ2n) is 2.29. The first-order valence-corrected chi connectivity index (χ1v) is 3.59. The Morgan fingerprint density at radius 2 is 1.92 bits per heavy atom. The maximum absolute atomic E-state index is 8.57. The second-order valence-corrected chi connectivity index (χ2v) is 2.29. The zero-order chi connectivity index (χ0) is 9.84. The van der Waals surface area contributed by atoms with Crippen molar-refractivity contribution < 1.29 is 9.47 Å². The lowest BCUT2D eigenvalue weighted by molar-refractivity contribution is 0.338. The van der Waals surface area contributed by atoms with Crippen LogP contribution in [0.3, 0.4) is 0 Å². The molecule has 0 fully saturated rings. The van der Waals surface area contributed by atoms with Crippen molar-refractivity contribution in [3.05, 3.63) is 11.5 Å². The van der Waals surface area contributed by atoms with E-state index in [1.807, 2.05) is 6.07 Å². The van der Waals surface area contributed by atoms with Gasteiger partial charge in [-0.1, -0.05) is 0 Å². The molecule has 68 valence electrons. The molecule has 0 aromatic carbocycles. The Hall–Kier alpha value is -1.83. The zero-order valence-electron chi connectivity index (χ0n) is 7.66. The molecule has 0 unspecified atom stereocenters. The third kappa shape index (κ3) is 1.67. The summed E-state index contributed by atoms with van der Waals surface area (Å²) in [5.41, 5.74) is 0.589. The molecule has 1 rings (SSSR count). The molecule has 13 heavy (non-hydrogen) atoms. The predicted molar refractivity (Wildman–Crippen MR) is 44.6 cm³/mol. The van der Waals surface area contributed by atoms with Gasteiger partial charge in [0.1, 0.15) is 6.07 Å². The van der Waals surface area contributed by atoms with E-state index in [4.69, 9.17) is 14.7 Å². The molecule has 5 heteroatoms. The monoisotopic (exact) mass is 179 g/mol. The lowest BCUT2D eigenvalue weighted by Crippen LogP contribution is -2.01. The van der Waals surface area contributed by atoms with Gasteiger partial charge < -0.3 is 9.47 Å². The first-order chi connectivity index (χ1) is 6.22. The summed E-state index contributed by atoms with van der Waals surface area (Å²) >= 11 is 0. The number of nitriles is 1. The van der Waals surface area contributed by atoms with Crippen LogP contribution in [0.2, 0.25) is 0 Å². The van der Waals surface area contributed by atoms with E-state index in [2.05, 4.69) is 9.97 Å². The molecule has 0 atom stereocenters. The maximum Gasteiger partial charge on any atom is 0.261 e. The van der Waals surface area contributed by atoms with Crippen LogP contribution in [-0.4, -0.2) is 24.2 Å². The fourth-order valence-corrected chi connectivity index (χ4v) is 0.960. The summed E-state index contributed by atoms with van der Waals surface area (Å²) in [5.74, 6) is 0.822. The van der Waals surface area contributed by atoms with Crippen molar-refractivity contribution in [3.8, 4) is 17.7 Å². The Bertz CT molecular complexity index is 357. The molecule has 5 nitrogen and oxygen atoms in total. The molecule has 1 aromatic heterocycles. The van der Waals surface area contributed by atoms with Crippen molar-refractivity contribution in [3.63, 3.8) is 0 Å². The summed E-state index contributed by atoms with van der Waals surface area (Å²) in [7, 11) is 2.96. The molecule has 0 N–H and O–H groups in total. The van der Waals surface area contributed by atoms with Crippen molar-refractivity contribution >= 4 is 0 Å². The summed E-state index contributed by atoms with van der Waals surface area (Å²) < 4.78 is 9.94. The molecule has 0 amide bonds. The van der Waals surface area contributed by atoms with Crippen LogP contribution in [0.4, 0.5) is 0 Å². The Labute approximate surface area is 76.0 Å². The summed E-state index contributed by atoms with van der Waals surface area (Å²) in [4.78, 5) is 7.72. The minimum Gasteiger partial charge on any atom is -0.490 e. The third-order valence-electron chi connectivity index (χ3n) is 1.50. The SMILES string of the molecule is COc1nc(C#N)nc(C)c1OC. The fourth-order valence-electron chi connectivity index (χ4n) is 0.960. The van der Waals surface area contributed by atoms with Gasteiger partial charge >= 0.3 is 0 Å². The minimum atomic E-state index is 0.0788. The number of ether oxygens (including phenoxy) is 2. The standard InChI is InChI=1S/C8H9N3O2/c1-5-7(12-2)8(13-3)11-6(4-9)10-5/h1-3H3. The van der Waals surface area contributed by atoms with Crippen LogP contribution in [0.25, 0.3) is 0 Å². The molecule has 0 bridgehead atoms. The highest BCUT2D eigenvalue weighted by atomic mass is 16.5. The van der Waals surface area contributed by atoms with Crippen molar-refractivity contribution in [1.29, 1.82) is 5.26 Å². The summed E-state index contributed by atoms with van der Waals surface area (Å²) in [5, 5.41) is 8.57. The molecular weight excluding hydrogens is 170 g/mol. The average molecular weight is 179 g/mol. The molecule has 0 aliphatic rings. The van der Waals surface area contributed by atoms with Gasteiger partial charge in [-0.25, -0.2) is 4.98 Å². The largest absolute Gasteiger partial charge is 0.490 e. The normalized spacial score (nSPS) is 9.08. The molecule has 1 aromatic rings. The van der Waals surface area contributed by atoms with Crippen LogP contribution in [0.5, 0.6) is 11.6 Å². The van der Waals surface area contributed by atoms with Gasteiger partial charge in [-0.2, -0.15) is 10.2 Å². The highest BCUT2D eigenvalue weighted by Crippen LogP contribution is 2.26. The smallest absolute Gasteiger partial charge is 0.261 e. The van der Waals surface area contributed by atoms with E-state index in [9.17, 15) is 0 Å². The number of methoxy groups -OCH3 is 2. The van der Waals surface area contributed by atoms with E-state index < -0.39 is 0 Å². The molecule has 0 aliphatic heterocycles. The van der Waals surface area contributed by atoms with Crippen LogP contribution in [0.15, 0.2) is 0 Å². The van der Waals surface area contributed by atoms with Crippen molar-refractivity contribution in [1.82, 2.24) is 9.97 Å². The van der Waals surface area contributed by atoms with E-state index >= 15 is 0 Å². The molecular formula is C8H9N3O2. The Morgan fingerprint density at radius 1 is 1.23 bits per heavy atom. The lowest BCUT2D eigenvalue weighted by atomic mass is 10.4. The van der Waals surface area contributed by atoms with E-state index in [1.54, 1.807) is 6.92 Å². The Kier molecular flexibility index (Phi) is 2.65. The molecule has 0 saturated heterocycles. The molecule has 1 heterocycles. The summed E-state index contributed by atoms with van der Waals surface area (Å²) in [6, 6.07) is 1.84. The highest BCUT2D eigenvalue weighted by Gasteiger charge is 2.11. The van der Waals surface area contributed by atoms with E-state index in [0.29, 0.717) is 11.4 Å². The van der Waals surface area contributed by atoms with Gasteiger partial charge in [0, 0.05) is 0 Å². The molecule has 0 aliphatic carbocycles. The van der Waals surface area contributed by atoms with E-state index in [1.165, 1.54) is 14.2 Å². The molecule has 0 radical (unpaired) electrons. The average Bonchev–Trinajstić information content (AvgIpc) is 2.16. The number of hydrogen-bond acceptors (Lipinski definition) is 5. The van der Waals surface area contributed by atoms with Gasteiger partial charge in [0.2, 0.25) is 11.6 Å². The highest BCUT2D eigenvalue weighted by molar-refractivity contribution is 5.39. The third-order valence-corrected chi connectivity index (χ3v) is 1.50. The number of aromatic nitrogens is 2. The van der Waals surface area contributed by atoms with Crippen LogP contribution in [0.1, 0.15) is 11.5 Å². The number of rotatable bonds is 2. The topological polar surface area (TPSA) is 68.0 Å². The van der Waals surface area contributed by atoms with E-state index in [-0.39, 0.29) is 11.7 Å². The van der Waals surface area contributed by atoms with Crippen LogP contribution in [0, 0.1) is 18.3 Å². The number of aryl methyl sites for hydroxylation is 1. The fraction of sp³-hybridized carbons (Fsp3) is 0.375.